The minimum atomic E-state index is -0.711. The molecule has 12 nitrogen and oxygen atoms in total. The lowest BCUT2D eigenvalue weighted by atomic mass is 10.1. The molecule has 0 atom stereocenters. The zero-order valence-corrected chi connectivity index (χ0v) is 18.4. The van der Waals surface area contributed by atoms with E-state index in [2.05, 4.69) is 19.6 Å². The van der Waals surface area contributed by atoms with Gasteiger partial charge in [-0.05, 0) is 42.7 Å². The summed E-state index contributed by atoms with van der Waals surface area (Å²) in [7, 11) is 0. The van der Waals surface area contributed by atoms with Gasteiger partial charge in [-0.25, -0.2) is 9.78 Å². The Hall–Kier alpha value is -3.87. The van der Waals surface area contributed by atoms with Crippen LogP contribution in [0.15, 0.2) is 36.0 Å². The van der Waals surface area contributed by atoms with Crippen LogP contribution in [0.3, 0.4) is 0 Å². The third-order valence-corrected chi connectivity index (χ3v) is 5.45. The summed E-state index contributed by atoms with van der Waals surface area (Å²) in [6, 6.07) is 6.93. The van der Waals surface area contributed by atoms with Crippen LogP contribution in [0.5, 0.6) is 11.6 Å². The SMILES string of the molecule is CCOC(=O)OC1CCN(c2ncnc(Oc3ccc(-c4csnn4)cc3)c2[N+](=O)[O-])CC1. The van der Waals surface area contributed by atoms with Crippen molar-refractivity contribution in [1.29, 1.82) is 0 Å². The topological polar surface area (TPSA) is 143 Å². The van der Waals surface area contributed by atoms with Crippen LogP contribution in [0.4, 0.5) is 16.3 Å². The van der Waals surface area contributed by atoms with Crippen LogP contribution in [0, 0.1) is 10.1 Å². The second-order valence-electron chi connectivity index (χ2n) is 7.01. The van der Waals surface area contributed by atoms with Crippen LogP contribution in [-0.2, 0) is 9.47 Å². The molecule has 172 valence electrons. The van der Waals surface area contributed by atoms with Crippen LogP contribution in [0.2, 0.25) is 0 Å². The summed E-state index contributed by atoms with van der Waals surface area (Å²) in [5, 5.41) is 17.7. The predicted octanol–water partition coefficient (Wildman–Crippen LogP) is 3.84. The number of nitrogens with zero attached hydrogens (tertiary/aromatic N) is 6. The van der Waals surface area contributed by atoms with Crippen molar-refractivity contribution in [3.63, 3.8) is 0 Å². The van der Waals surface area contributed by atoms with Gasteiger partial charge in [0.25, 0.3) is 0 Å². The van der Waals surface area contributed by atoms with Crippen molar-refractivity contribution >= 4 is 29.2 Å². The first-order chi connectivity index (χ1) is 16.0. The number of ether oxygens (including phenoxy) is 3. The maximum absolute atomic E-state index is 11.9. The number of carbonyl (C=O) groups is 1. The fourth-order valence-corrected chi connectivity index (χ4v) is 3.85. The van der Waals surface area contributed by atoms with Crippen LogP contribution < -0.4 is 9.64 Å². The van der Waals surface area contributed by atoms with E-state index in [1.807, 2.05) is 5.38 Å². The van der Waals surface area contributed by atoms with Gasteiger partial charge in [-0.2, -0.15) is 4.98 Å². The number of hydrogen-bond donors (Lipinski definition) is 0. The molecule has 0 aliphatic carbocycles. The maximum Gasteiger partial charge on any atom is 0.508 e. The number of hydrogen-bond acceptors (Lipinski definition) is 12. The average Bonchev–Trinajstić information content (AvgIpc) is 3.35. The molecule has 3 aromatic rings. The van der Waals surface area contributed by atoms with E-state index < -0.39 is 11.1 Å². The van der Waals surface area contributed by atoms with Gasteiger partial charge >= 0.3 is 17.7 Å². The monoisotopic (exact) mass is 472 g/mol. The summed E-state index contributed by atoms with van der Waals surface area (Å²) < 4.78 is 19.6. The van der Waals surface area contributed by atoms with E-state index in [0.29, 0.717) is 31.7 Å². The van der Waals surface area contributed by atoms with E-state index in [-0.39, 0.29) is 30.1 Å². The molecule has 0 spiro atoms. The molecule has 3 heterocycles. The van der Waals surface area contributed by atoms with Crippen molar-refractivity contribution < 1.29 is 23.9 Å². The fourth-order valence-electron chi connectivity index (χ4n) is 3.39. The predicted molar refractivity (Wildman–Crippen MR) is 117 cm³/mol. The van der Waals surface area contributed by atoms with Crippen molar-refractivity contribution in [2.75, 3.05) is 24.6 Å². The summed E-state index contributed by atoms with van der Waals surface area (Å²) in [6.07, 6.45) is 1.18. The van der Waals surface area contributed by atoms with Crippen LogP contribution >= 0.6 is 11.5 Å². The first-order valence-corrected chi connectivity index (χ1v) is 11.0. The van der Waals surface area contributed by atoms with Gasteiger partial charge in [-0.15, -0.1) is 5.10 Å². The smallest absolute Gasteiger partial charge is 0.435 e. The van der Waals surface area contributed by atoms with Gasteiger partial charge in [0.05, 0.1) is 11.5 Å². The standard InChI is InChI=1S/C20H20N6O6S/c1-2-30-20(27)32-15-7-9-25(10-8-15)18-17(26(28)29)19(22-12-21-18)31-14-5-3-13(4-6-14)16-11-33-24-23-16/h3-6,11-12,15H,2,7-10H2,1H3. The molecule has 0 radical (unpaired) electrons. The van der Waals surface area contributed by atoms with Gasteiger partial charge in [-0.1, -0.05) is 4.49 Å². The summed E-state index contributed by atoms with van der Waals surface area (Å²) in [5.74, 6) is 0.388. The molecule has 1 aromatic carbocycles. The molecule has 1 aliphatic rings. The van der Waals surface area contributed by atoms with Crippen molar-refractivity contribution in [1.82, 2.24) is 19.6 Å². The summed E-state index contributed by atoms with van der Waals surface area (Å²) in [6.45, 7) is 2.76. The number of aromatic nitrogens is 4. The zero-order chi connectivity index (χ0) is 23.2. The van der Waals surface area contributed by atoms with Gasteiger partial charge < -0.3 is 19.1 Å². The Labute approximate surface area is 192 Å². The zero-order valence-electron chi connectivity index (χ0n) is 17.6. The van der Waals surface area contributed by atoms with E-state index in [4.69, 9.17) is 14.2 Å². The van der Waals surface area contributed by atoms with Gasteiger partial charge in [0.2, 0.25) is 5.82 Å². The third kappa shape index (κ3) is 5.31. The first-order valence-electron chi connectivity index (χ1n) is 10.2. The molecule has 2 aromatic heterocycles. The second kappa shape index (κ2) is 10.2. The highest BCUT2D eigenvalue weighted by Crippen LogP contribution is 2.37. The lowest BCUT2D eigenvalue weighted by Gasteiger charge is -2.31. The molecular weight excluding hydrogens is 452 g/mol. The lowest BCUT2D eigenvalue weighted by molar-refractivity contribution is -0.385. The van der Waals surface area contributed by atoms with E-state index in [1.165, 1.54) is 17.9 Å². The Balaban J connectivity index is 1.48. The summed E-state index contributed by atoms with van der Waals surface area (Å²) >= 11 is 1.25. The number of carbonyl (C=O) groups excluding carboxylic acids is 1. The summed E-state index contributed by atoms with van der Waals surface area (Å²) in [4.78, 5) is 32.7. The number of rotatable bonds is 7. The number of nitro groups is 1. The van der Waals surface area contributed by atoms with Crippen LogP contribution in [-0.4, -0.2) is 56.4 Å². The van der Waals surface area contributed by atoms with E-state index in [9.17, 15) is 14.9 Å². The van der Waals surface area contributed by atoms with Crippen molar-refractivity contribution in [2.45, 2.75) is 25.9 Å². The first kappa shape index (κ1) is 22.3. The quantitative estimate of drug-likeness (QED) is 0.281. The summed E-state index contributed by atoms with van der Waals surface area (Å²) in [5.41, 5.74) is 1.26. The molecule has 4 rings (SSSR count). The highest BCUT2D eigenvalue weighted by atomic mass is 32.1. The number of piperidine rings is 1. The average molecular weight is 472 g/mol. The van der Waals surface area contributed by atoms with Gasteiger partial charge in [0.1, 0.15) is 23.9 Å². The highest BCUT2D eigenvalue weighted by molar-refractivity contribution is 7.03. The molecule has 1 fully saturated rings. The van der Waals surface area contributed by atoms with Crippen molar-refractivity contribution in [2.24, 2.45) is 0 Å². The molecule has 0 amide bonds. The van der Waals surface area contributed by atoms with Gasteiger partial charge in [0, 0.05) is 36.9 Å². The van der Waals surface area contributed by atoms with E-state index in [1.54, 1.807) is 36.1 Å². The third-order valence-electron chi connectivity index (χ3n) is 4.94. The Morgan fingerprint density at radius 3 is 2.64 bits per heavy atom. The van der Waals surface area contributed by atoms with E-state index in [0.717, 1.165) is 11.3 Å². The van der Waals surface area contributed by atoms with Crippen molar-refractivity contribution in [3.8, 4) is 22.9 Å². The minimum Gasteiger partial charge on any atom is -0.435 e. The van der Waals surface area contributed by atoms with Crippen molar-refractivity contribution in [3.05, 3.63) is 46.1 Å². The molecule has 0 bridgehead atoms. The molecular formula is C20H20N6O6S. The van der Waals surface area contributed by atoms with Crippen LogP contribution in [0.1, 0.15) is 19.8 Å². The molecule has 0 unspecified atom stereocenters. The Morgan fingerprint density at radius 1 is 1.24 bits per heavy atom. The van der Waals surface area contributed by atoms with Gasteiger partial charge in [0.15, 0.2) is 0 Å². The molecule has 13 heteroatoms. The Kier molecular flexibility index (Phi) is 6.88. The minimum absolute atomic E-state index is 0.155. The van der Waals surface area contributed by atoms with Gasteiger partial charge in [-0.3, -0.25) is 10.1 Å². The second-order valence-corrected chi connectivity index (χ2v) is 7.62. The largest absolute Gasteiger partial charge is 0.508 e. The number of benzene rings is 1. The Bertz CT molecular complexity index is 1100. The fraction of sp³-hybridized carbons (Fsp3) is 0.350. The lowest BCUT2D eigenvalue weighted by Crippen LogP contribution is -2.38. The number of anilines is 1. The molecule has 1 aliphatic heterocycles. The van der Waals surface area contributed by atoms with Crippen LogP contribution in [0.25, 0.3) is 11.3 Å². The maximum atomic E-state index is 11.9. The normalized spacial score (nSPS) is 14.0. The molecule has 0 saturated carbocycles. The Morgan fingerprint density at radius 2 is 2.00 bits per heavy atom. The highest BCUT2D eigenvalue weighted by Gasteiger charge is 2.32. The molecule has 0 N–H and O–H groups in total. The molecule has 33 heavy (non-hydrogen) atoms. The van der Waals surface area contributed by atoms with E-state index >= 15 is 0 Å². The molecule has 1 saturated heterocycles.